The van der Waals surface area contributed by atoms with E-state index >= 15 is 0 Å². The lowest BCUT2D eigenvalue weighted by Crippen LogP contribution is -2.27. The average Bonchev–Trinajstić information content (AvgIpc) is 2.32. The molecule has 0 bridgehead atoms. The normalized spacial score (nSPS) is 13.9. The average molecular weight is 162 g/mol. The largest absolute Gasteiger partial charge is 0.349 e. The fraction of sp³-hybridized carbons (Fsp3) is 0.300. The first-order valence-corrected chi connectivity index (χ1v) is 3.96. The number of nitrogens with zero attached hydrogens (tertiary/aromatic N) is 2. The fourth-order valence-corrected chi connectivity index (χ4v) is 1.32. The molecule has 2 nitrogen and oxygen atoms in total. The maximum atomic E-state index is 4.22. The van der Waals surface area contributed by atoms with E-state index in [0.29, 0.717) is 0 Å². The summed E-state index contributed by atoms with van der Waals surface area (Å²) in [6.07, 6.45) is 3.79. The van der Waals surface area contributed by atoms with E-state index < -0.39 is 0 Å². The van der Waals surface area contributed by atoms with Gasteiger partial charge in [-0.2, -0.15) is 0 Å². The van der Waals surface area contributed by atoms with Crippen molar-refractivity contribution in [3.05, 3.63) is 22.8 Å². The Balaban J connectivity index is 3.53. The lowest BCUT2D eigenvalue weighted by Gasteiger charge is -1.94. The molecule has 12 heavy (non-hydrogen) atoms. The predicted molar refractivity (Wildman–Crippen MR) is 53.4 cm³/mol. The van der Waals surface area contributed by atoms with E-state index in [2.05, 4.69) is 11.6 Å². The Hall–Kier alpha value is -1.31. The van der Waals surface area contributed by atoms with Crippen molar-refractivity contribution in [1.29, 1.82) is 0 Å². The van der Waals surface area contributed by atoms with Crippen LogP contribution in [0.4, 0.5) is 0 Å². The topological polar surface area (TPSA) is 17.3 Å². The van der Waals surface area contributed by atoms with Crippen molar-refractivity contribution in [3.63, 3.8) is 0 Å². The molecule has 0 aliphatic rings. The minimum atomic E-state index is 1.01. The van der Waals surface area contributed by atoms with E-state index in [9.17, 15) is 0 Å². The molecule has 64 valence electrons. The van der Waals surface area contributed by atoms with Crippen molar-refractivity contribution in [2.75, 3.05) is 0 Å². The number of aliphatic imine (C=N–C) groups is 1. The van der Waals surface area contributed by atoms with Gasteiger partial charge in [0.2, 0.25) is 0 Å². The molecule has 0 aromatic carbocycles. The number of aromatic nitrogens is 1. The molecule has 0 aliphatic carbocycles. The number of rotatable bonds is 1. The monoisotopic (exact) mass is 162 g/mol. The number of hydrogen-bond donors (Lipinski definition) is 0. The van der Waals surface area contributed by atoms with Crippen LogP contribution >= 0.6 is 0 Å². The summed E-state index contributed by atoms with van der Waals surface area (Å²) in [5.41, 5.74) is 1.01. The summed E-state index contributed by atoms with van der Waals surface area (Å²) in [7, 11) is 2.00. The summed E-state index contributed by atoms with van der Waals surface area (Å²) >= 11 is 0. The first-order chi connectivity index (χ1) is 5.66. The predicted octanol–water partition coefficient (Wildman–Crippen LogP) is 0.654. The molecule has 0 radical (unpaired) electrons. The molecular formula is C10H14N2. The van der Waals surface area contributed by atoms with Gasteiger partial charge in [0.25, 0.3) is 0 Å². The summed E-state index contributed by atoms with van der Waals surface area (Å²) < 4.78 is 2.03. The Morgan fingerprint density at radius 2 is 2.33 bits per heavy atom. The molecule has 0 atom stereocenters. The summed E-state index contributed by atoms with van der Waals surface area (Å²) in [5.74, 6) is 0. The third kappa shape index (κ3) is 1.47. The Morgan fingerprint density at radius 1 is 1.67 bits per heavy atom. The van der Waals surface area contributed by atoms with Crippen LogP contribution in [0.3, 0.4) is 0 Å². The van der Waals surface area contributed by atoms with Gasteiger partial charge in [-0.15, -0.1) is 0 Å². The smallest absolute Gasteiger partial charge is 0.0687 e. The van der Waals surface area contributed by atoms with Crippen LogP contribution in [0.5, 0.6) is 0 Å². The second-order valence-electron chi connectivity index (χ2n) is 2.77. The van der Waals surface area contributed by atoms with Crippen LogP contribution in [0.25, 0.3) is 12.3 Å². The molecule has 0 aliphatic heterocycles. The van der Waals surface area contributed by atoms with E-state index in [0.717, 1.165) is 16.3 Å². The summed E-state index contributed by atoms with van der Waals surface area (Å²) in [6, 6.07) is 1.99. The first-order valence-electron chi connectivity index (χ1n) is 3.96. The second-order valence-corrected chi connectivity index (χ2v) is 2.77. The van der Waals surface area contributed by atoms with Crippen molar-refractivity contribution in [3.8, 4) is 0 Å². The SMILES string of the molecule is C=c1ccn(C)/c1=C(C)/N=C\C. The zero-order valence-electron chi connectivity index (χ0n) is 7.83. The highest BCUT2D eigenvalue weighted by Crippen LogP contribution is 1.88. The van der Waals surface area contributed by atoms with E-state index in [4.69, 9.17) is 0 Å². The lowest BCUT2D eigenvalue weighted by molar-refractivity contribution is 0.881. The second kappa shape index (κ2) is 3.39. The molecule has 1 heterocycles. The highest BCUT2D eigenvalue weighted by atomic mass is 14.9. The minimum absolute atomic E-state index is 1.01. The number of aryl methyl sites for hydroxylation is 1. The van der Waals surface area contributed by atoms with Gasteiger partial charge < -0.3 is 4.57 Å². The molecule has 0 fully saturated rings. The molecule has 2 heteroatoms. The molecule has 0 amide bonds. The zero-order valence-corrected chi connectivity index (χ0v) is 7.83. The molecule has 1 aromatic rings. The lowest BCUT2D eigenvalue weighted by atomic mass is 10.4. The molecule has 0 unspecified atom stereocenters. The first kappa shape index (κ1) is 8.78. The molecule has 1 rings (SSSR count). The van der Waals surface area contributed by atoms with Gasteiger partial charge in [0.05, 0.1) is 11.0 Å². The zero-order chi connectivity index (χ0) is 9.14. The third-order valence-corrected chi connectivity index (χ3v) is 1.82. The van der Waals surface area contributed by atoms with Crippen LogP contribution in [-0.4, -0.2) is 10.8 Å². The summed E-state index contributed by atoms with van der Waals surface area (Å²) in [4.78, 5) is 4.22. The Bertz CT molecular complexity index is 396. The van der Waals surface area contributed by atoms with E-state index in [1.165, 1.54) is 0 Å². The number of hydrogen-bond acceptors (Lipinski definition) is 1. The van der Waals surface area contributed by atoms with Crippen molar-refractivity contribution in [2.45, 2.75) is 13.8 Å². The van der Waals surface area contributed by atoms with Crippen LogP contribution in [0.15, 0.2) is 17.3 Å². The van der Waals surface area contributed by atoms with Crippen LogP contribution < -0.4 is 10.6 Å². The van der Waals surface area contributed by atoms with E-state index in [1.54, 1.807) is 6.21 Å². The van der Waals surface area contributed by atoms with Gasteiger partial charge in [-0.1, -0.05) is 6.58 Å². The quantitative estimate of drug-likeness (QED) is 0.540. The molecule has 0 N–H and O–H groups in total. The highest BCUT2D eigenvalue weighted by molar-refractivity contribution is 5.61. The van der Waals surface area contributed by atoms with Gasteiger partial charge >= 0.3 is 0 Å². The van der Waals surface area contributed by atoms with Crippen LogP contribution in [0, 0.1) is 0 Å². The minimum Gasteiger partial charge on any atom is -0.349 e. The summed E-state index contributed by atoms with van der Waals surface area (Å²) in [5, 5.41) is 2.13. The standard InChI is InChI=1S/C10H14N2/c1-5-11-9(3)10-8(2)6-7-12(10)4/h5-7H,2H2,1,3-4H3/b10-9+,11-5-. The van der Waals surface area contributed by atoms with Gasteiger partial charge in [0.1, 0.15) is 0 Å². The van der Waals surface area contributed by atoms with Crippen LogP contribution in [-0.2, 0) is 7.05 Å². The molecule has 0 saturated heterocycles. The fourth-order valence-electron chi connectivity index (χ4n) is 1.32. The van der Waals surface area contributed by atoms with Crippen molar-refractivity contribution in [1.82, 2.24) is 4.57 Å². The van der Waals surface area contributed by atoms with Crippen molar-refractivity contribution >= 4 is 18.5 Å². The maximum Gasteiger partial charge on any atom is 0.0687 e. The maximum absolute atomic E-state index is 4.22. The van der Waals surface area contributed by atoms with Gasteiger partial charge in [-0.05, 0) is 25.1 Å². The van der Waals surface area contributed by atoms with Crippen molar-refractivity contribution < 1.29 is 0 Å². The molecule has 0 saturated carbocycles. The Morgan fingerprint density at radius 3 is 2.75 bits per heavy atom. The third-order valence-electron chi connectivity index (χ3n) is 1.82. The van der Waals surface area contributed by atoms with Crippen LogP contribution in [0.2, 0.25) is 0 Å². The Labute approximate surface area is 72.6 Å². The van der Waals surface area contributed by atoms with Gasteiger partial charge in [0.15, 0.2) is 0 Å². The van der Waals surface area contributed by atoms with E-state index in [-0.39, 0.29) is 0 Å². The molecule has 0 spiro atoms. The molecular weight excluding hydrogens is 148 g/mol. The van der Waals surface area contributed by atoms with E-state index in [1.807, 2.05) is 37.7 Å². The van der Waals surface area contributed by atoms with Gasteiger partial charge in [-0.3, -0.25) is 4.99 Å². The molecule has 1 aromatic heterocycles. The highest BCUT2D eigenvalue weighted by Gasteiger charge is 1.92. The van der Waals surface area contributed by atoms with Gasteiger partial charge in [-0.25, -0.2) is 0 Å². The van der Waals surface area contributed by atoms with Crippen LogP contribution in [0.1, 0.15) is 13.8 Å². The van der Waals surface area contributed by atoms with Crippen molar-refractivity contribution in [2.24, 2.45) is 12.0 Å². The van der Waals surface area contributed by atoms with Gasteiger partial charge in [0, 0.05) is 19.5 Å². The summed E-state index contributed by atoms with van der Waals surface area (Å²) in [6.45, 7) is 7.83. The Kier molecular flexibility index (Phi) is 2.48.